The van der Waals surface area contributed by atoms with Crippen molar-refractivity contribution in [2.24, 2.45) is 29.6 Å². The number of ether oxygens (including phenoxy) is 6. The van der Waals surface area contributed by atoms with Crippen molar-refractivity contribution in [3.63, 3.8) is 0 Å². The Bertz CT molecular complexity index is 1990. The van der Waals surface area contributed by atoms with Gasteiger partial charge in [-0.3, -0.25) is 19.4 Å². The fraction of sp³-hybridized carbons (Fsp3) is 0.660. The van der Waals surface area contributed by atoms with Crippen LogP contribution in [0, 0.1) is 29.6 Å². The quantitative estimate of drug-likeness (QED) is 0.191. The highest BCUT2D eigenvalue weighted by molar-refractivity contribution is 5.85. The van der Waals surface area contributed by atoms with E-state index in [1.807, 2.05) is 62.3 Å². The fourth-order valence-electron chi connectivity index (χ4n) is 9.47. The smallest absolute Gasteiger partial charge is 0.408 e. The summed E-state index contributed by atoms with van der Waals surface area (Å²) >= 11 is 0. The Hall–Kier alpha value is -4.64. The number of alkyl carbamates (subject to hydrolysis) is 2. The van der Waals surface area contributed by atoms with Crippen molar-refractivity contribution in [1.29, 1.82) is 0 Å². The number of rotatable bonds is 10. The van der Waals surface area contributed by atoms with Crippen molar-refractivity contribution in [3.8, 4) is 0 Å². The van der Waals surface area contributed by atoms with Crippen molar-refractivity contribution in [2.75, 3.05) is 20.6 Å². The number of carbonyl (C=O) groups is 5. The first-order valence-corrected chi connectivity index (χ1v) is 22.2. The Morgan fingerprint density at radius 2 is 1.78 bits per heavy atom. The number of benzene rings is 1. The number of pyridine rings is 1. The summed E-state index contributed by atoms with van der Waals surface area (Å²) in [6.07, 6.45) is -2.10. The van der Waals surface area contributed by atoms with Crippen molar-refractivity contribution in [2.45, 2.75) is 149 Å². The molecule has 0 bridgehead atoms. The van der Waals surface area contributed by atoms with Gasteiger partial charge in [0, 0.05) is 41.9 Å². The topological polar surface area (TPSA) is 201 Å². The summed E-state index contributed by atoms with van der Waals surface area (Å²) in [6.45, 7) is 16.9. The standard InChI is InChI=1S/C47H68N4O12/c1-13-35-47(10)39(50-45(57)63-47)28(6)36(52)26(4)23-46(9,62-44(56)48-20-16-17-31-22-32-18-14-15-19-33(32)49-24-31)40(61-43-37(53)34(51(11)12)21-27(5)58-43)29(7)38(30(8)42(55)59-35)60-41(54)25(2)3/h14-19,22,24-30,34-35,37-40,43,53H,13,20-21,23H2,1-12H3,(H,48,56)(H,50,57)/t26-,27-,28+,29+,30-,34+,35-,37-,38+,39-,40-,43+,46-,47-/m1/s1. The van der Waals surface area contributed by atoms with Gasteiger partial charge in [-0.05, 0) is 78.7 Å². The molecule has 3 N–H and O–H groups in total. The van der Waals surface area contributed by atoms with E-state index < -0.39 is 102 Å². The first-order chi connectivity index (χ1) is 29.6. The van der Waals surface area contributed by atoms with Crippen LogP contribution in [-0.2, 0) is 42.8 Å². The van der Waals surface area contributed by atoms with Gasteiger partial charge in [-0.2, -0.15) is 0 Å². The summed E-state index contributed by atoms with van der Waals surface area (Å²) in [5.41, 5.74) is -1.51. The van der Waals surface area contributed by atoms with Gasteiger partial charge in [0.15, 0.2) is 11.9 Å². The van der Waals surface area contributed by atoms with Crippen LogP contribution in [0.3, 0.4) is 0 Å². The third kappa shape index (κ3) is 11.2. The lowest BCUT2D eigenvalue weighted by Gasteiger charge is -2.48. The van der Waals surface area contributed by atoms with E-state index in [1.54, 1.807) is 74.6 Å². The lowest BCUT2D eigenvalue weighted by molar-refractivity contribution is -0.298. The van der Waals surface area contributed by atoms with Crippen molar-refractivity contribution >= 4 is 46.9 Å². The number of amides is 2. The first kappa shape index (κ1) is 49.4. The number of nitrogens with zero attached hydrogens (tertiary/aromatic N) is 2. The van der Waals surface area contributed by atoms with Gasteiger partial charge in [0.2, 0.25) is 0 Å². The van der Waals surface area contributed by atoms with Crippen LogP contribution < -0.4 is 10.6 Å². The molecule has 16 nitrogen and oxygen atoms in total. The molecule has 63 heavy (non-hydrogen) atoms. The summed E-state index contributed by atoms with van der Waals surface area (Å²) in [7, 11) is 3.68. The molecule has 0 unspecified atom stereocenters. The molecule has 3 aliphatic rings. The predicted octanol–water partition coefficient (Wildman–Crippen LogP) is 5.82. The van der Waals surface area contributed by atoms with E-state index in [9.17, 15) is 29.1 Å². The molecule has 4 heterocycles. The van der Waals surface area contributed by atoms with Crippen molar-refractivity contribution < 1.29 is 57.5 Å². The Balaban J connectivity index is 1.59. The molecule has 3 fully saturated rings. The Kier molecular flexibility index (Phi) is 16.0. The molecular formula is C47H68N4O12. The highest BCUT2D eigenvalue weighted by atomic mass is 16.7. The zero-order valence-electron chi connectivity index (χ0n) is 38.8. The van der Waals surface area contributed by atoms with E-state index in [0.29, 0.717) is 6.42 Å². The summed E-state index contributed by atoms with van der Waals surface area (Å²) in [6, 6.07) is 8.41. The molecule has 0 spiro atoms. The third-order valence-electron chi connectivity index (χ3n) is 13.0. The maximum Gasteiger partial charge on any atom is 0.408 e. The molecular weight excluding hydrogens is 813 g/mol. The first-order valence-electron chi connectivity index (χ1n) is 22.2. The molecule has 2 aromatic rings. The van der Waals surface area contributed by atoms with E-state index in [-0.39, 0.29) is 37.3 Å². The molecule has 5 rings (SSSR count). The molecule has 16 heteroatoms. The second-order valence-electron chi connectivity index (χ2n) is 18.6. The highest BCUT2D eigenvalue weighted by Gasteiger charge is 2.58. The monoisotopic (exact) mass is 880 g/mol. The second kappa shape index (κ2) is 20.5. The number of Topliss-reactive ketones (excluding diaryl/α,β-unsaturated/α-hetero) is 1. The van der Waals surface area contributed by atoms with Gasteiger partial charge >= 0.3 is 24.1 Å². The molecule has 0 saturated carbocycles. The fourth-order valence-corrected chi connectivity index (χ4v) is 9.47. The van der Waals surface area contributed by atoms with Crippen LogP contribution in [0.25, 0.3) is 17.0 Å². The second-order valence-corrected chi connectivity index (χ2v) is 18.6. The minimum Gasteiger partial charge on any atom is -0.461 e. The number of cyclic esters (lactones) is 1. The number of aliphatic hydroxyl groups is 1. The molecule has 1 aromatic heterocycles. The molecule has 14 atom stereocenters. The zero-order valence-corrected chi connectivity index (χ0v) is 38.8. The molecule has 0 aliphatic carbocycles. The van der Waals surface area contributed by atoms with E-state index in [0.717, 1.165) is 16.5 Å². The van der Waals surface area contributed by atoms with Crippen LogP contribution in [0.1, 0.15) is 94.1 Å². The average molecular weight is 881 g/mol. The molecule has 1 aromatic carbocycles. The zero-order chi connectivity index (χ0) is 46.6. The van der Waals surface area contributed by atoms with Gasteiger partial charge in [-0.25, -0.2) is 9.59 Å². The SMILES string of the molecule is CC[C@H]1OC(=O)[C@H](C)[C@@H](OC(=O)C(C)C)[C@H](C)[C@@H](O[C@@H]2O[C@H](C)C[C@H](N(C)C)[C@H]2O)[C@](C)(OC(=O)NCC=Cc2cnc3ccccc3c2)C[C@@H](C)C(=O)[C@H](C)[C@H]2NC(=O)O[C@@]21C. The maximum absolute atomic E-state index is 14.6. The number of ketones is 1. The summed E-state index contributed by atoms with van der Waals surface area (Å²) in [5, 5.41) is 18.3. The molecule has 348 valence electrons. The number of para-hydroxylation sites is 1. The average Bonchev–Trinajstić information content (AvgIpc) is 3.55. The minimum atomic E-state index is -1.73. The van der Waals surface area contributed by atoms with E-state index >= 15 is 0 Å². The van der Waals surface area contributed by atoms with E-state index in [1.165, 1.54) is 0 Å². The van der Waals surface area contributed by atoms with Gasteiger partial charge in [0.1, 0.15) is 35.8 Å². The lowest BCUT2D eigenvalue weighted by Crippen LogP contribution is -2.61. The Morgan fingerprint density at radius 3 is 2.44 bits per heavy atom. The number of fused-ring (bicyclic) bond motifs is 2. The van der Waals surface area contributed by atoms with Gasteiger partial charge < -0.3 is 49.1 Å². The molecule has 2 amide bonds. The number of hydrogen-bond acceptors (Lipinski definition) is 14. The van der Waals surface area contributed by atoms with Gasteiger partial charge in [0.25, 0.3) is 0 Å². The summed E-state index contributed by atoms with van der Waals surface area (Å²) < 4.78 is 37.7. The number of hydrogen-bond donors (Lipinski definition) is 3. The van der Waals surface area contributed by atoms with E-state index in [4.69, 9.17) is 28.4 Å². The van der Waals surface area contributed by atoms with Crippen LogP contribution in [0.4, 0.5) is 9.59 Å². The third-order valence-corrected chi connectivity index (χ3v) is 13.0. The summed E-state index contributed by atoms with van der Waals surface area (Å²) in [4.78, 5) is 75.9. The van der Waals surface area contributed by atoms with Gasteiger partial charge in [0.05, 0.1) is 29.5 Å². The minimum absolute atomic E-state index is 0.0525. The number of aromatic nitrogens is 1. The molecule has 0 radical (unpaired) electrons. The summed E-state index contributed by atoms with van der Waals surface area (Å²) in [5.74, 6) is -6.09. The largest absolute Gasteiger partial charge is 0.461 e. The van der Waals surface area contributed by atoms with Crippen LogP contribution >= 0.6 is 0 Å². The van der Waals surface area contributed by atoms with E-state index in [2.05, 4.69) is 15.6 Å². The molecule has 3 aliphatic heterocycles. The van der Waals surface area contributed by atoms with Crippen molar-refractivity contribution in [3.05, 3.63) is 48.2 Å². The number of nitrogens with one attached hydrogen (secondary N) is 2. The van der Waals surface area contributed by atoms with Gasteiger partial charge in [-0.1, -0.05) is 71.9 Å². The van der Waals surface area contributed by atoms with Crippen LogP contribution in [0.5, 0.6) is 0 Å². The van der Waals surface area contributed by atoms with Crippen LogP contribution in [0.2, 0.25) is 0 Å². The predicted molar refractivity (Wildman–Crippen MR) is 234 cm³/mol. The molecule has 3 saturated heterocycles. The van der Waals surface area contributed by atoms with Crippen LogP contribution in [0.15, 0.2) is 42.6 Å². The van der Waals surface area contributed by atoms with Crippen molar-refractivity contribution in [1.82, 2.24) is 20.5 Å². The lowest BCUT2D eigenvalue weighted by atomic mass is 9.73. The highest BCUT2D eigenvalue weighted by Crippen LogP contribution is 2.42. The number of carbonyl (C=O) groups excluding carboxylic acids is 5. The Morgan fingerprint density at radius 1 is 1.08 bits per heavy atom. The number of esters is 2. The van der Waals surface area contributed by atoms with Gasteiger partial charge in [-0.15, -0.1) is 0 Å². The van der Waals surface area contributed by atoms with Crippen LogP contribution in [-0.4, -0.2) is 126 Å². The maximum atomic E-state index is 14.6. The number of likely N-dealkylation sites (N-methyl/N-ethyl adjacent to an activating group) is 1. The Labute approximate surface area is 371 Å². The number of aliphatic hydroxyl groups excluding tert-OH is 1. The normalized spacial score (nSPS) is 35.7.